The second-order valence-corrected chi connectivity index (χ2v) is 6.43. The molecule has 1 heterocycles. The number of carbonyl (C=O) groups is 2. The molecule has 9 heteroatoms. The number of benzene rings is 2. The zero-order chi connectivity index (χ0) is 21.0. The van der Waals surface area contributed by atoms with Gasteiger partial charge in [0.05, 0.1) is 11.3 Å². The van der Waals surface area contributed by atoms with Crippen LogP contribution in [-0.4, -0.2) is 26.5 Å². The number of nitrogens with one attached hydrogen (secondary N) is 1. The van der Waals surface area contributed by atoms with Gasteiger partial charge in [0.2, 0.25) is 5.28 Å². The number of nitriles is 1. The molecule has 1 amide bonds. The Morgan fingerprint density at radius 1 is 1.10 bits per heavy atom. The molecule has 0 fully saturated rings. The third-order valence-electron chi connectivity index (χ3n) is 3.88. The summed E-state index contributed by atoms with van der Waals surface area (Å²) in [4.78, 5) is 27.4. The summed E-state index contributed by atoms with van der Waals surface area (Å²) < 4.78 is 1.51. The van der Waals surface area contributed by atoms with Crippen LogP contribution in [0.5, 0.6) is 0 Å². The zero-order valence-electron chi connectivity index (χ0n) is 14.6. The van der Waals surface area contributed by atoms with Gasteiger partial charge in [-0.15, -0.1) is 0 Å². The molecule has 0 radical (unpaired) electrons. The summed E-state index contributed by atoms with van der Waals surface area (Å²) in [5.41, 5.74) is 1.11. The number of aromatic carboxylic acids is 1. The lowest BCUT2D eigenvalue weighted by molar-refractivity contribution is -0.112. The monoisotopic (exact) mass is 426 g/mol. The minimum Gasteiger partial charge on any atom is -0.478 e. The molecule has 2 N–H and O–H groups in total. The maximum Gasteiger partial charge on any atom is 0.335 e. The number of nitrogens with zero attached hydrogens (tertiary/aromatic N) is 3. The molecule has 0 unspecified atom stereocenters. The highest BCUT2D eigenvalue weighted by molar-refractivity contribution is 6.34. The Morgan fingerprint density at radius 3 is 2.34 bits per heavy atom. The molecule has 7 nitrogen and oxygen atoms in total. The van der Waals surface area contributed by atoms with Gasteiger partial charge in [-0.1, -0.05) is 29.8 Å². The van der Waals surface area contributed by atoms with Crippen molar-refractivity contribution < 1.29 is 14.7 Å². The van der Waals surface area contributed by atoms with Crippen LogP contribution in [0.2, 0.25) is 10.4 Å². The third-order valence-corrected chi connectivity index (χ3v) is 4.41. The maximum atomic E-state index is 12.5. The van der Waals surface area contributed by atoms with E-state index in [9.17, 15) is 14.9 Å². The molecule has 0 saturated heterocycles. The SMILES string of the molecule is N#C/C(=C/c1c(Cl)nc(Cl)n1-c1ccccc1)C(=O)Nc1ccc(C(=O)O)cc1. The fraction of sp³-hybridized carbons (Fsp3) is 0. The van der Waals surface area contributed by atoms with E-state index in [4.69, 9.17) is 28.3 Å². The summed E-state index contributed by atoms with van der Waals surface area (Å²) in [5.74, 6) is -1.77. The number of para-hydroxylation sites is 1. The van der Waals surface area contributed by atoms with E-state index in [1.807, 2.05) is 12.1 Å². The fourth-order valence-corrected chi connectivity index (χ4v) is 3.04. The smallest absolute Gasteiger partial charge is 0.335 e. The second kappa shape index (κ2) is 8.61. The van der Waals surface area contributed by atoms with Gasteiger partial charge in [-0.3, -0.25) is 9.36 Å². The second-order valence-electron chi connectivity index (χ2n) is 5.73. The van der Waals surface area contributed by atoms with Crippen molar-refractivity contribution in [1.29, 1.82) is 5.26 Å². The van der Waals surface area contributed by atoms with Gasteiger partial charge in [0, 0.05) is 11.4 Å². The summed E-state index contributed by atoms with van der Waals surface area (Å²) in [6, 6.07) is 16.3. The number of hydrogen-bond donors (Lipinski definition) is 2. The molecule has 0 aliphatic carbocycles. The van der Waals surface area contributed by atoms with Crippen LogP contribution in [0.1, 0.15) is 16.1 Å². The van der Waals surface area contributed by atoms with E-state index < -0.39 is 11.9 Å². The van der Waals surface area contributed by atoms with Crippen molar-refractivity contribution in [3.8, 4) is 11.8 Å². The Bertz CT molecular complexity index is 1150. The summed E-state index contributed by atoms with van der Waals surface area (Å²) in [6.07, 6.45) is 1.29. The van der Waals surface area contributed by atoms with Crippen LogP contribution in [0, 0.1) is 11.3 Å². The lowest BCUT2D eigenvalue weighted by Crippen LogP contribution is -2.14. The Morgan fingerprint density at radius 2 is 1.76 bits per heavy atom. The van der Waals surface area contributed by atoms with E-state index in [0.29, 0.717) is 11.4 Å². The standard InChI is InChI=1S/C20H12Cl2N4O3/c21-17-16(26(20(22)25-17)15-4-2-1-3-5-15)10-13(11-23)18(27)24-14-8-6-12(7-9-14)19(28)29/h1-10H,(H,24,27)(H,28,29)/b13-10-. The number of carboxylic acids is 1. The van der Waals surface area contributed by atoms with Crippen molar-refractivity contribution in [2.45, 2.75) is 0 Å². The number of amides is 1. The molecule has 0 aliphatic heterocycles. The van der Waals surface area contributed by atoms with Gasteiger partial charge in [-0.25, -0.2) is 9.78 Å². The zero-order valence-corrected chi connectivity index (χ0v) is 16.1. The number of anilines is 1. The average molecular weight is 427 g/mol. The number of rotatable bonds is 5. The normalized spacial score (nSPS) is 11.0. The van der Waals surface area contributed by atoms with E-state index >= 15 is 0 Å². The fourth-order valence-electron chi connectivity index (χ4n) is 2.51. The number of imidazole rings is 1. The van der Waals surface area contributed by atoms with Crippen molar-refractivity contribution in [2.75, 3.05) is 5.32 Å². The van der Waals surface area contributed by atoms with Gasteiger partial charge in [0.15, 0.2) is 5.15 Å². The highest BCUT2D eigenvalue weighted by Crippen LogP contribution is 2.27. The van der Waals surface area contributed by atoms with Crippen LogP contribution in [0.15, 0.2) is 60.2 Å². The quantitative estimate of drug-likeness (QED) is 0.463. The minimum atomic E-state index is -1.08. The highest BCUT2D eigenvalue weighted by Gasteiger charge is 2.18. The van der Waals surface area contributed by atoms with Crippen LogP contribution in [-0.2, 0) is 4.79 Å². The summed E-state index contributed by atoms with van der Waals surface area (Å²) in [7, 11) is 0. The Labute approximate surface area is 175 Å². The first kappa shape index (κ1) is 20.1. The van der Waals surface area contributed by atoms with Gasteiger partial charge >= 0.3 is 5.97 Å². The van der Waals surface area contributed by atoms with Gasteiger partial charge in [0.25, 0.3) is 5.91 Å². The van der Waals surface area contributed by atoms with E-state index in [1.54, 1.807) is 24.3 Å². The molecule has 2 aromatic carbocycles. The van der Waals surface area contributed by atoms with Gasteiger partial charge in [-0.05, 0) is 54.1 Å². The number of carbonyl (C=O) groups excluding carboxylic acids is 1. The molecular formula is C20H12Cl2N4O3. The minimum absolute atomic E-state index is 0.0326. The molecule has 1 aromatic heterocycles. The third kappa shape index (κ3) is 4.46. The molecule has 144 valence electrons. The van der Waals surface area contributed by atoms with Crippen LogP contribution >= 0.6 is 23.2 Å². The van der Waals surface area contributed by atoms with Crippen molar-refractivity contribution >= 4 is 46.8 Å². The molecule has 0 saturated carbocycles. The van der Waals surface area contributed by atoms with Crippen molar-refractivity contribution in [1.82, 2.24) is 9.55 Å². The lowest BCUT2D eigenvalue weighted by atomic mass is 10.2. The predicted molar refractivity (Wildman–Crippen MR) is 109 cm³/mol. The van der Waals surface area contributed by atoms with Crippen molar-refractivity contribution in [3.63, 3.8) is 0 Å². The van der Waals surface area contributed by atoms with E-state index in [1.165, 1.54) is 34.9 Å². The number of hydrogen-bond acceptors (Lipinski definition) is 4. The summed E-state index contributed by atoms with van der Waals surface area (Å²) in [6.45, 7) is 0. The van der Waals surface area contributed by atoms with E-state index in [2.05, 4.69) is 10.3 Å². The van der Waals surface area contributed by atoms with Crippen LogP contribution < -0.4 is 5.32 Å². The molecule has 0 aliphatic rings. The van der Waals surface area contributed by atoms with Gasteiger partial charge < -0.3 is 10.4 Å². The molecule has 29 heavy (non-hydrogen) atoms. The van der Waals surface area contributed by atoms with Crippen LogP contribution in [0.3, 0.4) is 0 Å². The first-order valence-corrected chi connectivity index (χ1v) is 8.92. The highest BCUT2D eigenvalue weighted by atomic mass is 35.5. The van der Waals surface area contributed by atoms with E-state index in [-0.39, 0.29) is 27.3 Å². The summed E-state index contributed by atoms with van der Waals surface area (Å²) >= 11 is 12.3. The van der Waals surface area contributed by atoms with Gasteiger partial charge in [-0.2, -0.15) is 5.26 Å². The topological polar surface area (TPSA) is 108 Å². The van der Waals surface area contributed by atoms with Crippen LogP contribution in [0.4, 0.5) is 5.69 Å². The molecule has 3 rings (SSSR count). The Balaban J connectivity index is 1.93. The first-order valence-electron chi connectivity index (χ1n) is 8.16. The largest absolute Gasteiger partial charge is 0.478 e. The lowest BCUT2D eigenvalue weighted by Gasteiger charge is -2.08. The molecule has 0 spiro atoms. The number of halogens is 2. The van der Waals surface area contributed by atoms with Gasteiger partial charge in [0.1, 0.15) is 11.6 Å². The predicted octanol–water partition coefficient (Wildman–Crippen LogP) is 4.42. The molecular weight excluding hydrogens is 415 g/mol. The Hall–Kier alpha value is -3.60. The first-order chi connectivity index (χ1) is 13.9. The average Bonchev–Trinajstić information content (AvgIpc) is 2.99. The van der Waals surface area contributed by atoms with Crippen molar-refractivity contribution in [3.05, 3.63) is 81.9 Å². The molecule has 0 bridgehead atoms. The van der Waals surface area contributed by atoms with Crippen molar-refractivity contribution in [2.24, 2.45) is 0 Å². The molecule has 3 aromatic rings. The maximum absolute atomic E-state index is 12.5. The Kier molecular flexibility index (Phi) is 5.98. The van der Waals surface area contributed by atoms with E-state index in [0.717, 1.165) is 0 Å². The number of carboxylic acid groups (broad SMARTS) is 1. The number of aromatic nitrogens is 2. The molecule has 0 atom stereocenters. The van der Waals surface area contributed by atoms with Crippen LogP contribution in [0.25, 0.3) is 11.8 Å². The summed E-state index contributed by atoms with van der Waals surface area (Å²) in [5, 5.41) is 21.0.